The van der Waals surface area contributed by atoms with Crippen molar-refractivity contribution in [2.24, 2.45) is 0 Å². The zero-order chi connectivity index (χ0) is 23.0. The Labute approximate surface area is 197 Å². The Balaban J connectivity index is 1.50. The van der Waals surface area contributed by atoms with E-state index in [1.807, 2.05) is 52.7 Å². The standard InChI is InChI=1S/C26H29N3O3S/c1-2-3-8-24(27-16-19-9-11-23-20(15-19)10-12-25(30)28-23)26(31)29(17-21-6-4-13-32-21)18-22-7-5-14-33-22/h4-7,9-15,24,27H,2-3,8,16-18H2,1H3,(H,28,30)/t24-/m1/s1. The van der Waals surface area contributed by atoms with Gasteiger partial charge < -0.3 is 19.6 Å². The van der Waals surface area contributed by atoms with Crippen LogP contribution in [0.3, 0.4) is 0 Å². The number of H-pyrrole nitrogens is 1. The molecule has 172 valence electrons. The Hall–Kier alpha value is -3.16. The summed E-state index contributed by atoms with van der Waals surface area (Å²) in [6.45, 7) is 3.71. The van der Waals surface area contributed by atoms with Crippen LogP contribution < -0.4 is 10.9 Å². The van der Waals surface area contributed by atoms with Crippen LogP contribution in [0.15, 0.2) is 75.5 Å². The largest absolute Gasteiger partial charge is 0.467 e. The minimum Gasteiger partial charge on any atom is -0.467 e. The number of thiophene rings is 1. The molecule has 2 N–H and O–H groups in total. The van der Waals surface area contributed by atoms with E-state index >= 15 is 0 Å². The molecule has 0 unspecified atom stereocenters. The third-order valence-electron chi connectivity index (χ3n) is 5.65. The Morgan fingerprint density at radius 1 is 1.15 bits per heavy atom. The molecule has 1 aromatic carbocycles. The number of unbranched alkanes of at least 4 members (excludes halogenated alkanes) is 1. The molecule has 0 radical (unpaired) electrons. The second kappa shape index (κ2) is 11.1. The maximum absolute atomic E-state index is 13.7. The maximum Gasteiger partial charge on any atom is 0.248 e. The van der Waals surface area contributed by atoms with Gasteiger partial charge in [-0.1, -0.05) is 31.9 Å². The smallest absolute Gasteiger partial charge is 0.248 e. The molecule has 0 saturated carbocycles. The molecular weight excluding hydrogens is 434 g/mol. The predicted octanol–water partition coefficient (Wildman–Crippen LogP) is 5.06. The van der Waals surface area contributed by atoms with Crippen LogP contribution >= 0.6 is 11.3 Å². The fourth-order valence-electron chi connectivity index (χ4n) is 3.89. The second-order valence-electron chi connectivity index (χ2n) is 8.17. The molecule has 0 spiro atoms. The van der Waals surface area contributed by atoms with Crippen molar-refractivity contribution in [3.05, 3.63) is 92.8 Å². The van der Waals surface area contributed by atoms with Gasteiger partial charge in [0, 0.05) is 23.0 Å². The Morgan fingerprint density at radius 2 is 2.06 bits per heavy atom. The quantitative estimate of drug-likeness (QED) is 0.326. The molecule has 33 heavy (non-hydrogen) atoms. The van der Waals surface area contributed by atoms with Crippen molar-refractivity contribution < 1.29 is 9.21 Å². The van der Waals surface area contributed by atoms with Crippen LogP contribution in [-0.2, 0) is 24.4 Å². The molecule has 0 aliphatic rings. The zero-order valence-electron chi connectivity index (χ0n) is 18.8. The maximum atomic E-state index is 13.7. The topological polar surface area (TPSA) is 78.3 Å². The number of fused-ring (bicyclic) bond motifs is 1. The molecule has 7 heteroatoms. The van der Waals surface area contributed by atoms with E-state index in [0.717, 1.165) is 46.4 Å². The van der Waals surface area contributed by atoms with Crippen LogP contribution in [0.25, 0.3) is 10.9 Å². The Kier molecular flexibility index (Phi) is 7.75. The summed E-state index contributed by atoms with van der Waals surface area (Å²) in [6, 6.07) is 16.8. The summed E-state index contributed by atoms with van der Waals surface area (Å²) in [7, 11) is 0. The molecule has 1 atom stereocenters. The van der Waals surface area contributed by atoms with E-state index < -0.39 is 0 Å². The van der Waals surface area contributed by atoms with Gasteiger partial charge >= 0.3 is 0 Å². The average Bonchev–Trinajstić information content (AvgIpc) is 3.53. The van der Waals surface area contributed by atoms with E-state index in [9.17, 15) is 9.59 Å². The molecule has 0 aliphatic carbocycles. The highest BCUT2D eigenvalue weighted by atomic mass is 32.1. The minimum absolute atomic E-state index is 0.0818. The van der Waals surface area contributed by atoms with E-state index in [1.165, 1.54) is 6.07 Å². The number of furan rings is 1. The van der Waals surface area contributed by atoms with Gasteiger partial charge in [0.15, 0.2) is 0 Å². The van der Waals surface area contributed by atoms with Gasteiger partial charge in [0.2, 0.25) is 11.5 Å². The van der Waals surface area contributed by atoms with Crippen LogP contribution in [-0.4, -0.2) is 21.8 Å². The summed E-state index contributed by atoms with van der Waals surface area (Å²) in [6.07, 6.45) is 4.41. The molecule has 4 rings (SSSR count). The highest BCUT2D eigenvalue weighted by molar-refractivity contribution is 7.09. The number of benzene rings is 1. The fourth-order valence-corrected chi connectivity index (χ4v) is 4.61. The number of hydrogen-bond donors (Lipinski definition) is 2. The van der Waals surface area contributed by atoms with Gasteiger partial charge in [0.25, 0.3) is 0 Å². The molecule has 0 fully saturated rings. The number of pyridine rings is 1. The highest BCUT2D eigenvalue weighted by Gasteiger charge is 2.25. The molecule has 4 aromatic rings. The average molecular weight is 464 g/mol. The summed E-state index contributed by atoms with van der Waals surface area (Å²) in [5.74, 6) is 0.857. The molecule has 1 amide bonds. The Bertz CT molecular complexity index is 1180. The van der Waals surface area contributed by atoms with Crippen molar-refractivity contribution in [1.82, 2.24) is 15.2 Å². The first-order valence-electron chi connectivity index (χ1n) is 11.3. The first kappa shape index (κ1) is 23.0. The number of carbonyl (C=O) groups excluding carboxylic acids is 1. The van der Waals surface area contributed by atoms with Crippen LogP contribution in [0, 0.1) is 0 Å². The van der Waals surface area contributed by atoms with E-state index in [-0.39, 0.29) is 17.5 Å². The fraction of sp³-hybridized carbons (Fsp3) is 0.308. The van der Waals surface area contributed by atoms with Crippen LogP contribution in [0.5, 0.6) is 0 Å². The summed E-state index contributed by atoms with van der Waals surface area (Å²) >= 11 is 1.65. The van der Waals surface area contributed by atoms with Gasteiger partial charge in [0.05, 0.1) is 25.4 Å². The van der Waals surface area contributed by atoms with Gasteiger partial charge in [-0.25, -0.2) is 0 Å². The van der Waals surface area contributed by atoms with Gasteiger partial charge in [-0.15, -0.1) is 11.3 Å². The minimum atomic E-state index is -0.286. The number of hydrogen-bond acceptors (Lipinski definition) is 5. The molecule has 0 saturated heterocycles. The summed E-state index contributed by atoms with van der Waals surface area (Å²) in [4.78, 5) is 31.1. The number of rotatable bonds is 11. The second-order valence-corrected chi connectivity index (χ2v) is 9.21. The number of aromatic amines is 1. The van der Waals surface area contributed by atoms with Crippen LogP contribution in [0.1, 0.15) is 42.4 Å². The highest BCUT2D eigenvalue weighted by Crippen LogP contribution is 2.18. The van der Waals surface area contributed by atoms with Crippen molar-refractivity contribution in [1.29, 1.82) is 0 Å². The van der Waals surface area contributed by atoms with Crippen molar-refractivity contribution in [2.75, 3.05) is 0 Å². The number of amides is 1. The van der Waals surface area contributed by atoms with Gasteiger partial charge in [0.1, 0.15) is 5.76 Å². The lowest BCUT2D eigenvalue weighted by Gasteiger charge is -2.27. The van der Waals surface area contributed by atoms with Gasteiger partial charge in [-0.2, -0.15) is 0 Å². The molecule has 6 nitrogen and oxygen atoms in total. The van der Waals surface area contributed by atoms with E-state index in [1.54, 1.807) is 17.6 Å². The third-order valence-corrected chi connectivity index (χ3v) is 6.51. The summed E-state index contributed by atoms with van der Waals surface area (Å²) in [5.41, 5.74) is 1.77. The SMILES string of the molecule is CCCC[C@@H](NCc1ccc2[nH]c(=O)ccc2c1)C(=O)N(Cc1ccco1)Cc1cccs1. The van der Waals surface area contributed by atoms with Crippen molar-refractivity contribution in [3.63, 3.8) is 0 Å². The number of carbonyl (C=O) groups is 1. The first-order valence-corrected chi connectivity index (χ1v) is 12.2. The summed E-state index contributed by atoms with van der Waals surface area (Å²) < 4.78 is 5.54. The van der Waals surface area contributed by atoms with Gasteiger partial charge in [-0.05, 0) is 59.1 Å². The van der Waals surface area contributed by atoms with Crippen LogP contribution in [0.4, 0.5) is 0 Å². The lowest BCUT2D eigenvalue weighted by atomic mass is 10.1. The van der Waals surface area contributed by atoms with Crippen LogP contribution in [0.2, 0.25) is 0 Å². The number of nitrogens with one attached hydrogen (secondary N) is 2. The number of aromatic nitrogens is 1. The lowest BCUT2D eigenvalue weighted by molar-refractivity contribution is -0.135. The summed E-state index contributed by atoms with van der Waals surface area (Å²) in [5, 5.41) is 6.50. The van der Waals surface area contributed by atoms with E-state index in [4.69, 9.17) is 4.42 Å². The normalized spacial score (nSPS) is 12.2. The molecular formula is C26H29N3O3S. The molecule has 0 aliphatic heterocycles. The Morgan fingerprint density at radius 3 is 2.82 bits per heavy atom. The third kappa shape index (κ3) is 6.21. The first-order chi connectivity index (χ1) is 16.1. The van der Waals surface area contributed by atoms with Gasteiger partial charge in [-0.3, -0.25) is 9.59 Å². The van der Waals surface area contributed by atoms with E-state index in [2.05, 4.69) is 23.3 Å². The van der Waals surface area contributed by atoms with Crippen molar-refractivity contribution in [3.8, 4) is 0 Å². The number of nitrogens with zero attached hydrogens (tertiary/aromatic N) is 1. The van der Waals surface area contributed by atoms with Crippen molar-refractivity contribution in [2.45, 2.75) is 51.9 Å². The molecule has 0 bridgehead atoms. The zero-order valence-corrected chi connectivity index (χ0v) is 19.6. The lowest BCUT2D eigenvalue weighted by Crippen LogP contribution is -2.45. The predicted molar refractivity (Wildman–Crippen MR) is 132 cm³/mol. The van der Waals surface area contributed by atoms with E-state index in [0.29, 0.717) is 19.6 Å². The van der Waals surface area contributed by atoms with Crippen molar-refractivity contribution >= 4 is 28.1 Å². The molecule has 3 heterocycles. The molecule has 3 aromatic heterocycles. The monoisotopic (exact) mass is 463 g/mol.